The minimum atomic E-state index is -0.505. The highest BCUT2D eigenvalue weighted by molar-refractivity contribution is 6.31. The van der Waals surface area contributed by atoms with Crippen LogP contribution in [0.4, 0.5) is 21.6 Å². The van der Waals surface area contributed by atoms with Crippen molar-refractivity contribution in [3.05, 3.63) is 59.7 Å². The molecule has 1 saturated carbocycles. The smallest absolute Gasteiger partial charge is 0.248 e. The fourth-order valence-electron chi connectivity index (χ4n) is 5.04. The molecule has 2 fully saturated rings. The quantitative estimate of drug-likeness (QED) is 0.404. The van der Waals surface area contributed by atoms with E-state index in [-0.39, 0.29) is 10.9 Å². The van der Waals surface area contributed by atoms with Crippen molar-refractivity contribution in [1.82, 2.24) is 14.9 Å². The number of fused-ring (bicyclic) bond motifs is 2. The number of ether oxygens (including phenoxy) is 2. The molecule has 1 aromatic heterocycles. The first kappa shape index (κ1) is 25.4. The molecule has 0 spiro atoms. The van der Waals surface area contributed by atoms with Crippen LogP contribution in [0.3, 0.4) is 0 Å². The van der Waals surface area contributed by atoms with Crippen molar-refractivity contribution in [1.29, 1.82) is 0 Å². The second-order valence-electron chi connectivity index (χ2n) is 9.19. The molecule has 2 heterocycles. The van der Waals surface area contributed by atoms with Crippen LogP contribution in [0.15, 0.2) is 48.8 Å². The monoisotopic (exact) mass is 525 g/mol. The number of hydrogen-bond donors (Lipinski definition) is 2. The van der Waals surface area contributed by atoms with Gasteiger partial charge in [-0.2, -0.15) is 0 Å². The lowest BCUT2D eigenvalue weighted by Gasteiger charge is -2.28. The van der Waals surface area contributed by atoms with Gasteiger partial charge in [0.15, 0.2) is 0 Å². The van der Waals surface area contributed by atoms with Crippen LogP contribution in [-0.2, 0) is 9.53 Å². The van der Waals surface area contributed by atoms with E-state index in [4.69, 9.17) is 21.1 Å². The van der Waals surface area contributed by atoms with Crippen LogP contribution >= 0.6 is 11.6 Å². The number of benzene rings is 2. The van der Waals surface area contributed by atoms with Crippen molar-refractivity contribution >= 4 is 45.6 Å². The SMILES string of the molecule is COc1cc2ncnc(Nc3ccc(F)c(Cl)c3)c2cc1NC(=O)/C=C/CN1CCCOC2CCCC21. The number of nitrogens with zero attached hydrogens (tertiary/aromatic N) is 3. The summed E-state index contributed by atoms with van der Waals surface area (Å²) in [5.74, 6) is 0.191. The molecule has 2 aromatic carbocycles. The maximum atomic E-state index is 13.6. The summed E-state index contributed by atoms with van der Waals surface area (Å²) in [6, 6.07) is 8.24. The molecule has 0 bridgehead atoms. The Hall–Kier alpha value is -3.27. The number of anilines is 3. The third-order valence-corrected chi connectivity index (χ3v) is 7.10. The highest BCUT2D eigenvalue weighted by Gasteiger charge is 2.33. The summed E-state index contributed by atoms with van der Waals surface area (Å²) in [4.78, 5) is 23.9. The Balaban J connectivity index is 1.32. The van der Waals surface area contributed by atoms with E-state index in [1.165, 1.54) is 32.0 Å². The van der Waals surface area contributed by atoms with Crippen molar-refractivity contribution in [2.45, 2.75) is 37.8 Å². The first-order valence-electron chi connectivity index (χ1n) is 12.4. The van der Waals surface area contributed by atoms with E-state index in [1.807, 2.05) is 6.08 Å². The zero-order chi connectivity index (χ0) is 25.8. The van der Waals surface area contributed by atoms with Crippen LogP contribution in [0.2, 0.25) is 5.02 Å². The molecule has 0 radical (unpaired) electrons. The molecule has 1 saturated heterocycles. The second kappa shape index (κ2) is 11.4. The minimum absolute atomic E-state index is 0.000856. The van der Waals surface area contributed by atoms with Gasteiger partial charge in [0.05, 0.1) is 29.4 Å². The summed E-state index contributed by atoms with van der Waals surface area (Å²) in [5.41, 5.74) is 1.67. The highest BCUT2D eigenvalue weighted by Crippen LogP contribution is 2.34. The normalized spacial score (nSPS) is 20.1. The van der Waals surface area contributed by atoms with Crippen LogP contribution < -0.4 is 15.4 Å². The van der Waals surface area contributed by atoms with Crippen LogP contribution in [0.25, 0.3) is 10.9 Å². The zero-order valence-corrected chi connectivity index (χ0v) is 21.3. The van der Waals surface area contributed by atoms with E-state index in [9.17, 15) is 9.18 Å². The van der Waals surface area contributed by atoms with Gasteiger partial charge in [0, 0.05) is 49.0 Å². The molecule has 3 aromatic rings. The molecule has 8 nitrogen and oxygen atoms in total. The van der Waals surface area contributed by atoms with Gasteiger partial charge < -0.3 is 20.1 Å². The molecule has 194 valence electrons. The lowest BCUT2D eigenvalue weighted by atomic mass is 10.1. The Labute approximate surface area is 219 Å². The number of rotatable bonds is 7. The van der Waals surface area contributed by atoms with E-state index >= 15 is 0 Å². The topological polar surface area (TPSA) is 88.6 Å². The van der Waals surface area contributed by atoms with Gasteiger partial charge in [0.25, 0.3) is 0 Å². The van der Waals surface area contributed by atoms with Crippen molar-refractivity contribution < 1.29 is 18.7 Å². The third kappa shape index (κ3) is 5.84. The predicted molar refractivity (Wildman–Crippen MR) is 142 cm³/mol. The van der Waals surface area contributed by atoms with E-state index in [0.29, 0.717) is 52.5 Å². The number of carbonyl (C=O) groups excluding carboxylic acids is 1. The molecule has 1 aliphatic carbocycles. The van der Waals surface area contributed by atoms with Gasteiger partial charge in [0.1, 0.15) is 23.7 Å². The highest BCUT2D eigenvalue weighted by atomic mass is 35.5. The number of aromatic nitrogens is 2. The summed E-state index contributed by atoms with van der Waals surface area (Å²) >= 11 is 5.92. The van der Waals surface area contributed by atoms with Crippen molar-refractivity contribution in [3.8, 4) is 5.75 Å². The van der Waals surface area contributed by atoms with Crippen LogP contribution in [0.5, 0.6) is 5.75 Å². The number of nitrogens with one attached hydrogen (secondary N) is 2. The summed E-state index contributed by atoms with van der Waals surface area (Å²) < 4.78 is 25.1. The summed E-state index contributed by atoms with van der Waals surface area (Å²) in [6.07, 6.45) is 9.62. The Morgan fingerprint density at radius 1 is 1.27 bits per heavy atom. The molecular formula is C27H29ClFN5O3. The summed E-state index contributed by atoms with van der Waals surface area (Å²) in [7, 11) is 1.53. The fourth-order valence-corrected chi connectivity index (χ4v) is 5.22. The Bertz CT molecular complexity index is 1320. The molecule has 37 heavy (non-hydrogen) atoms. The third-order valence-electron chi connectivity index (χ3n) is 6.81. The van der Waals surface area contributed by atoms with Gasteiger partial charge in [-0.15, -0.1) is 0 Å². The number of halogens is 2. The lowest BCUT2D eigenvalue weighted by Crippen LogP contribution is -2.39. The zero-order valence-electron chi connectivity index (χ0n) is 20.5. The van der Waals surface area contributed by atoms with E-state index in [2.05, 4.69) is 25.5 Å². The molecule has 2 atom stereocenters. The molecule has 10 heteroatoms. The molecule has 2 unspecified atom stereocenters. The van der Waals surface area contributed by atoms with Gasteiger partial charge in [-0.3, -0.25) is 9.69 Å². The van der Waals surface area contributed by atoms with E-state index < -0.39 is 5.82 Å². The van der Waals surface area contributed by atoms with E-state index in [1.54, 1.807) is 24.3 Å². The van der Waals surface area contributed by atoms with Gasteiger partial charge in [-0.1, -0.05) is 17.7 Å². The van der Waals surface area contributed by atoms with E-state index in [0.717, 1.165) is 32.4 Å². The van der Waals surface area contributed by atoms with Gasteiger partial charge in [-0.05, 0) is 49.9 Å². The minimum Gasteiger partial charge on any atom is -0.494 e. The van der Waals surface area contributed by atoms with Crippen LogP contribution in [0, 0.1) is 5.82 Å². The van der Waals surface area contributed by atoms with Crippen LogP contribution in [-0.4, -0.2) is 59.7 Å². The Morgan fingerprint density at radius 2 is 2.16 bits per heavy atom. The number of carbonyl (C=O) groups is 1. The predicted octanol–water partition coefficient (Wildman–Crippen LogP) is 5.31. The summed E-state index contributed by atoms with van der Waals surface area (Å²) in [6.45, 7) is 2.48. The lowest BCUT2D eigenvalue weighted by molar-refractivity contribution is -0.111. The molecular weight excluding hydrogens is 497 g/mol. The molecule has 1 aliphatic heterocycles. The number of methoxy groups -OCH3 is 1. The largest absolute Gasteiger partial charge is 0.494 e. The average molecular weight is 526 g/mol. The Morgan fingerprint density at radius 3 is 3.00 bits per heavy atom. The molecule has 2 N–H and O–H groups in total. The summed E-state index contributed by atoms with van der Waals surface area (Å²) in [5, 5.41) is 6.70. The molecule has 1 amide bonds. The first-order chi connectivity index (χ1) is 18.0. The maximum Gasteiger partial charge on any atom is 0.248 e. The van der Waals surface area contributed by atoms with Crippen molar-refractivity contribution in [2.24, 2.45) is 0 Å². The number of hydrogen-bond acceptors (Lipinski definition) is 7. The first-order valence-corrected chi connectivity index (χ1v) is 12.8. The number of amides is 1. The average Bonchev–Trinajstić information content (AvgIpc) is 3.27. The van der Waals surface area contributed by atoms with Crippen LogP contribution in [0.1, 0.15) is 25.7 Å². The standard InChI is InChI=1S/C27H29ClFN5O3/c1-36-25-15-21-18(27(31-16-30-21)32-17-8-9-20(29)19(28)13-17)14-22(25)33-26(35)7-3-10-34-11-4-12-37-24-6-2-5-23(24)34/h3,7-9,13-16,23-24H,2,4-6,10-12H2,1H3,(H,33,35)(H,30,31,32)/b7-3+. The maximum absolute atomic E-state index is 13.6. The molecule has 5 rings (SSSR count). The van der Waals surface area contributed by atoms with Gasteiger partial charge >= 0.3 is 0 Å². The van der Waals surface area contributed by atoms with Gasteiger partial charge in [-0.25, -0.2) is 14.4 Å². The van der Waals surface area contributed by atoms with Gasteiger partial charge in [0.2, 0.25) is 5.91 Å². The molecule has 2 aliphatic rings. The Kier molecular flexibility index (Phi) is 7.83. The second-order valence-corrected chi connectivity index (χ2v) is 9.60. The fraction of sp³-hybridized carbons (Fsp3) is 0.370. The van der Waals surface area contributed by atoms with Crippen molar-refractivity contribution in [2.75, 3.05) is 37.4 Å². The van der Waals surface area contributed by atoms with Crippen molar-refractivity contribution in [3.63, 3.8) is 0 Å².